The Kier molecular flexibility index (Phi) is 5.56. The Bertz CT molecular complexity index is 697. The Balaban J connectivity index is 1.56. The normalized spacial score (nSPS) is 16.3. The van der Waals surface area contributed by atoms with E-state index in [9.17, 15) is 9.90 Å². The minimum Gasteiger partial charge on any atom is -0.495 e. The number of nitrogens with zero attached hydrogens (tertiary/aromatic N) is 1. The first-order valence-electron chi connectivity index (χ1n) is 8.61. The SMILES string of the molecule is COc1ccccc1NC(=O)N1CCC([C@@H](O)c2ccccc2)CC1. The van der Waals surface area contributed by atoms with Crippen LogP contribution in [0.3, 0.4) is 0 Å². The van der Waals surface area contributed by atoms with Gasteiger partial charge < -0.3 is 20.1 Å². The molecule has 2 aromatic rings. The van der Waals surface area contributed by atoms with Gasteiger partial charge in [-0.2, -0.15) is 0 Å². The molecule has 0 aromatic heterocycles. The number of hydrogen-bond donors (Lipinski definition) is 2. The molecule has 1 aliphatic rings. The number of benzene rings is 2. The molecule has 1 fully saturated rings. The van der Waals surface area contributed by atoms with Gasteiger partial charge in [0.15, 0.2) is 0 Å². The summed E-state index contributed by atoms with van der Waals surface area (Å²) in [7, 11) is 1.58. The number of likely N-dealkylation sites (tertiary alicyclic amines) is 1. The number of nitrogens with one attached hydrogen (secondary N) is 1. The quantitative estimate of drug-likeness (QED) is 0.893. The topological polar surface area (TPSA) is 61.8 Å². The molecule has 1 atom stereocenters. The Morgan fingerprint density at radius 2 is 1.76 bits per heavy atom. The van der Waals surface area contributed by atoms with E-state index >= 15 is 0 Å². The van der Waals surface area contributed by atoms with Crippen molar-refractivity contribution in [2.24, 2.45) is 5.92 Å². The largest absolute Gasteiger partial charge is 0.495 e. The summed E-state index contributed by atoms with van der Waals surface area (Å²) >= 11 is 0. The van der Waals surface area contributed by atoms with Crippen LogP contribution >= 0.6 is 0 Å². The van der Waals surface area contributed by atoms with E-state index in [1.807, 2.05) is 54.6 Å². The molecule has 0 radical (unpaired) electrons. The molecule has 0 aliphatic carbocycles. The Labute approximate surface area is 148 Å². The molecule has 0 spiro atoms. The molecule has 1 aliphatic heterocycles. The van der Waals surface area contributed by atoms with Gasteiger partial charge >= 0.3 is 6.03 Å². The summed E-state index contributed by atoms with van der Waals surface area (Å²) in [5.74, 6) is 0.822. The lowest BCUT2D eigenvalue weighted by Crippen LogP contribution is -2.42. The highest BCUT2D eigenvalue weighted by molar-refractivity contribution is 5.91. The van der Waals surface area contributed by atoms with Crippen molar-refractivity contribution in [3.8, 4) is 5.75 Å². The average molecular weight is 340 g/mol. The molecule has 3 rings (SSSR count). The molecule has 0 saturated carbocycles. The standard InChI is InChI=1S/C20H24N2O3/c1-25-18-10-6-5-9-17(18)21-20(24)22-13-11-16(12-14-22)19(23)15-7-3-2-4-8-15/h2-10,16,19,23H,11-14H2,1H3,(H,21,24)/t19-/m0/s1. The summed E-state index contributed by atoms with van der Waals surface area (Å²) < 4.78 is 5.26. The summed E-state index contributed by atoms with van der Waals surface area (Å²) in [6.45, 7) is 1.27. The molecular formula is C20H24N2O3. The molecule has 5 nitrogen and oxygen atoms in total. The maximum absolute atomic E-state index is 12.5. The zero-order valence-corrected chi connectivity index (χ0v) is 14.4. The van der Waals surface area contributed by atoms with Gasteiger partial charge in [-0.3, -0.25) is 0 Å². The first-order valence-corrected chi connectivity index (χ1v) is 8.61. The van der Waals surface area contributed by atoms with Crippen molar-refractivity contribution in [2.75, 3.05) is 25.5 Å². The lowest BCUT2D eigenvalue weighted by atomic mass is 9.87. The average Bonchev–Trinajstić information content (AvgIpc) is 2.68. The van der Waals surface area contributed by atoms with Gasteiger partial charge in [-0.25, -0.2) is 4.79 Å². The van der Waals surface area contributed by atoms with Crippen LogP contribution in [-0.2, 0) is 0 Å². The maximum atomic E-state index is 12.5. The van der Waals surface area contributed by atoms with E-state index in [0.717, 1.165) is 18.4 Å². The van der Waals surface area contributed by atoms with Gasteiger partial charge in [0.25, 0.3) is 0 Å². The second-order valence-corrected chi connectivity index (χ2v) is 6.31. The van der Waals surface area contributed by atoms with Crippen molar-refractivity contribution in [3.05, 3.63) is 60.2 Å². The summed E-state index contributed by atoms with van der Waals surface area (Å²) in [5.41, 5.74) is 1.61. The molecule has 25 heavy (non-hydrogen) atoms. The van der Waals surface area contributed by atoms with Crippen LogP contribution < -0.4 is 10.1 Å². The highest BCUT2D eigenvalue weighted by Gasteiger charge is 2.28. The number of rotatable bonds is 4. The highest BCUT2D eigenvalue weighted by Crippen LogP contribution is 2.31. The number of anilines is 1. The van der Waals surface area contributed by atoms with E-state index in [1.165, 1.54) is 0 Å². The van der Waals surface area contributed by atoms with E-state index < -0.39 is 6.10 Å². The maximum Gasteiger partial charge on any atom is 0.321 e. The third-order valence-corrected chi connectivity index (χ3v) is 4.76. The van der Waals surface area contributed by atoms with Crippen LogP contribution in [0.15, 0.2) is 54.6 Å². The van der Waals surface area contributed by atoms with Crippen LogP contribution in [0.2, 0.25) is 0 Å². The predicted octanol–water partition coefficient (Wildman–Crippen LogP) is 3.67. The molecule has 1 saturated heterocycles. The van der Waals surface area contributed by atoms with Crippen LogP contribution in [0.4, 0.5) is 10.5 Å². The number of piperidine rings is 1. The van der Waals surface area contributed by atoms with Crippen LogP contribution in [0.5, 0.6) is 5.75 Å². The second-order valence-electron chi connectivity index (χ2n) is 6.31. The van der Waals surface area contributed by atoms with E-state index in [2.05, 4.69) is 5.32 Å². The number of ether oxygens (including phenoxy) is 1. The zero-order valence-electron chi connectivity index (χ0n) is 14.4. The second kappa shape index (κ2) is 8.03. The molecule has 132 valence electrons. The van der Waals surface area contributed by atoms with Crippen molar-refractivity contribution in [1.82, 2.24) is 4.90 Å². The third kappa shape index (κ3) is 4.12. The van der Waals surface area contributed by atoms with Gasteiger partial charge in [0, 0.05) is 13.1 Å². The highest BCUT2D eigenvalue weighted by atomic mass is 16.5. The fourth-order valence-electron chi connectivity index (χ4n) is 3.28. The van der Waals surface area contributed by atoms with Gasteiger partial charge in [0.1, 0.15) is 5.75 Å². The molecule has 5 heteroatoms. The number of urea groups is 1. The predicted molar refractivity (Wildman–Crippen MR) is 97.7 cm³/mol. The van der Waals surface area contributed by atoms with Gasteiger partial charge in [-0.15, -0.1) is 0 Å². The van der Waals surface area contributed by atoms with Gasteiger partial charge in [0.05, 0.1) is 18.9 Å². The molecule has 2 N–H and O–H groups in total. The lowest BCUT2D eigenvalue weighted by Gasteiger charge is -2.34. The summed E-state index contributed by atoms with van der Waals surface area (Å²) in [4.78, 5) is 14.3. The first kappa shape index (κ1) is 17.3. The number of hydrogen-bond acceptors (Lipinski definition) is 3. The van der Waals surface area contributed by atoms with Crippen molar-refractivity contribution in [2.45, 2.75) is 18.9 Å². The Morgan fingerprint density at radius 3 is 2.44 bits per heavy atom. The zero-order chi connectivity index (χ0) is 17.6. The van der Waals surface area contributed by atoms with E-state index in [-0.39, 0.29) is 11.9 Å². The molecule has 2 amide bonds. The monoisotopic (exact) mass is 340 g/mol. The van der Waals surface area contributed by atoms with E-state index in [4.69, 9.17) is 4.74 Å². The number of carbonyl (C=O) groups excluding carboxylic acids is 1. The van der Waals surface area contributed by atoms with Crippen LogP contribution in [0, 0.1) is 5.92 Å². The first-order chi connectivity index (χ1) is 12.2. The summed E-state index contributed by atoms with van der Waals surface area (Å²) in [5, 5.41) is 13.4. The molecule has 0 bridgehead atoms. The fourth-order valence-corrected chi connectivity index (χ4v) is 3.28. The number of para-hydroxylation sites is 2. The van der Waals surface area contributed by atoms with Crippen molar-refractivity contribution >= 4 is 11.7 Å². The Morgan fingerprint density at radius 1 is 1.12 bits per heavy atom. The smallest absolute Gasteiger partial charge is 0.321 e. The van der Waals surface area contributed by atoms with Crippen molar-refractivity contribution in [3.63, 3.8) is 0 Å². The third-order valence-electron chi connectivity index (χ3n) is 4.76. The Hall–Kier alpha value is -2.53. The van der Waals surface area contributed by atoms with Crippen molar-refractivity contribution < 1.29 is 14.6 Å². The van der Waals surface area contributed by atoms with Crippen LogP contribution in [-0.4, -0.2) is 36.2 Å². The molecular weight excluding hydrogens is 316 g/mol. The van der Waals surface area contributed by atoms with Gasteiger partial charge in [-0.05, 0) is 36.5 Å². The van der Waals surface area contributed by atoms with Gasteiger partial charge in [-0.1, -0.05) is 42.5 Å². The molecule has 1 heterocycles. The molecule has 2 aromatic carbocycles. The van der Waals surface area contributed by atoms with E-state index in [1.54, 1.807) is 12.0 Å². The number of aliphatic hydroxyl groups is 1. The van der Waals surface area contributed by atoms with Crippen LogP contribution in [0.25, 0.3) is 0 Å². The number of aliphatic hydroxyl groups excluding tert-OH is 1. The van der Waals surface area contributed by atoms with E-state index in [0.29, 0.717) is 24.5 Å². The summed E-state index contributed by atoms with van der Waals surface area (Å²) in [6.07, 6.45) is 1.10. The summed E-state index contributed by atoms with van der Waals surface area (Å²) in [6, 6.07) is 17.0. The minimum absolute atomic E-state index is 0.128. The lowest BCUT2D eigenvalue weighted by molar-refractivity contribution is 0.0683. The van der Waals surface area contributed by atoms with Gasteiger partial charge in [0.2, 0.25) is 0 Å². The molecule has 0 unspecified atom stereocenters. The number of amides is 2. The van der Waals surface area contributed by atoms with Crippen LogP contribution in [0.1, 0.15) is 24.5 Å². The fraction of sp³-hybridized carbons (Fsp3) is 0.350. The van der Waals surface area contributed by atoms with Crippen molar-refractivity contribution in [1.29, 1.82) is 0 Å². The number of carbonyl (C=O) groups is 1. The minimum atomic E-state index is -0.472. The number of methoxy groups -OCH3 is 1.